The quantitative estimate of drug-likeness (QED) is 0.535. The van der Waals surface area contributed by atoms with Crippen molar-refractivity contribution in [2.75, 3.05) is 39.0 Å². The fourth-order valence-corrected chi connectivity index (χ4v) is 1.44. The van der Waals surface area contributed by atoms with E-state index in [0.29, 0.717) is 24.6 Å². The maximum absolute atomic E-state index is 11.9. The Balaban J connectivity index is 2.45. The predicted octanol–water partition coefficient (Wildman–Crippen LogP) is 0.756. The summed E-state index contributed by atoms with van der Waals surface area (Å²) in [5, 5.41) is 5.85. The summed E-state index contributed by atoms with van der Waals surface area (Å²) < 4.78 is 0. The summed E-state index contributed by atoms with van der Waals surface area (Å²) in [7, 11) is 4.01. The van der Waals surface area contributed by atoms with Gasteiger partial charge in [0.25, 0.3) is 5.91 Å². The monoisotopic (exact) mass is 263 g/mol. The topological polar surface area (TPSA) is 70.2 Å². The highest BCUT2D eigenvalue weighted by atomic mass is 16.1. The summed E-state index contributed by atoms with van der Waals surface area (Å²) in [6.45, 7) is 5.78. The number of anilines is 1. The number of rotatable bonds is 8. The van der Waals surface area contributed by atoms with E-state index in [4.69, 9.17) is 0 Å². The first-order valence-corrected chi connectivity index (χ1v) is 6.23. The Morgan fingerprint density at radius 2 is 2.26 bits per heavy atom. The molecule has 1 aromatic heterocycles. The van der Waals surface area contributed by atoms with Crippen LogP contribution in [0.5, 0.6) is 0 Å². The lowest BCUT2D eigenvalue weighted by molar-refractivity contribution is 0.0947. The molecule has 1 rings (SSSR count). The first-order chi connectivity index (χ1) is 9.13. The molecule has 0 saturated carbocycles. The molecule has 0 fully saturated rings. The van der Waals surface area contributed by atoms with Gasteiger partial charge in [0, 0.05) is 19.2 Å². The molecule has 19 heavy (non-hydrogen) atoms. The van der Waals surface area contributed by atoms with E-state index in [1.807, 2.05) is 14.1 Å². The average Bonchev–Trinajstić information content (AvgIpc) is 2.41. The van der Waals surface area contributed by atoms with Crippen LogP contribution in [0.1, 0.15) is 16.9 Å². The second kappa shape index (κ2) is 8.20. The van der Waals surface area contributed by atoms with Crippen LogP contribution in [-0.4, -0.2) is 54.5 Å². The Kier molecular flexibility index (Phi) is 6.52. The number of nitrogens with zero attached hydrogens (tertiary/aromatic N) is 3. The minimum Gasteiger partial charge on any atom is -0.366 e. The van der Waals surface area contributed by atoms with Crippen LogP contribution >= 0.6 is 0 Å². The highest BCUT2D eigenvalue weighted by molar-refractivity contribution is 5.92. The highest BCUT2D eigenvalue weighted by Crippen LogP contribution is 2.03. The van der Waals surface area contributed by atoms with Gasteiger partial charge in [-0.15, -0.1) is 6.58 Å². The number of nitrogens with one attached hydrogen (secondary N) is 2. The summed E-state index contributed by atoms with van der Waals surface area (Å²) in [6.07, 6.45) is 4.01. The van der Waals surface area contributed by atoms with Gasteiger partial charge in [-0.3, -0.25) is 4.79 Å². The van der Waals surface area contributed by atoms with Crippen LogP contribution in [0.2, 0.25) is 0 Å². The minimum absolute atomic E-state index is 0.178. The Morgan fingerprint density at radius 3 is 2.95 bits per heavy atom. The molecule has 104 valence electrons. The van der Waals surface area contributed by atoms with Gasteiger partial charge in [0.1, 0.15) is 17.8 Å². The standard InChI is InChI=1S/C13H21N5O/c1-4-6-14-12-9-11(16-10-17-12)13(19)15-7-5-8-18(2)3/h4,9-10H,1,5-8H2,2-3H3,(H,15,19)(H,14,16,17). The van der Waals surface area contributed by atoms with E-state index in [0.717, 1.165) is 13.0 Å². The van der Waals surface area contributed by atoms with Crippen LogP contribution in [-0.2, 0) is 0 Å². The van der Waals surface area contributed by atoms with E-state index in [2.05, 4.69) is 32.1 Å². The van der Waals surface area contributed by atoms with Crippen molar-refractivity contribution >= 4 is 11.7 Å². The Hall–Kier alpha value is -1.95. The second-order valence-electron chi connectivity index (χ2n) is 4.37. The van der Waals surface area contributed by atoms with E-state index < -0.39 is 0 Å². The normalized spacial score (nSPS) is 10.3. The van der Waals surface area contributed by atoms with E-state index >= 15 is 0 Å². The van der Waals surface area contributed by atoms with Gasteiger partial charge in [-0.2, -0.15) is 0 Å². The van der Waals surface area contributed by atoms with Crippen LogP contribution in [0.15, 0.2) is 25.0 Å². The molecule has 0 atom stereocenters. The van der Waals surface area contributed by atoms with Gasteiger partial charge in [-0.25, -0.2) is 9.97 Å². The van der Waals surface area contributed by atoms with Gasteiger partial charge in [-0.1, -0.05) is 6.08 Å². The van der Waals surface area contributed by atoms with Gasteiger partial charge in [0.05, 0.1) is 0 Å². The fraction of sp³-hybridized carbons (Fsp3) is 0.462. The van der Waals surface area contributed by atoms with Crippen LogP contribution in [0.3, 0.4) is 0 Å². The summed E-state index contributed by atoms with van der Waals surface area (Å²) in [5.41, 5.74) is 0.367. The molecule has 0 unspecified atom stereocenters. The maximum Gasteiger partial charge on any atom is 0.270 e. The zero-order valence-corrected chi connectivity index (χ0v) is 11.5. The molecular weight excluding hydrogens is 242 g/mol. The molecular formula is C13H21N5O. The molecule has 1 aromatic rings. The Bertz CT molecular complexity index is 419. The first kappa shape index (κ1) is 15.1. The zero-order chi connectivity index (χ0) is 14.1. The van der Waals surface area contributed by atoms with Crippen LogP contribution in [0.4, 0.5) is 5.82 Å². The van der Waals surface area contributed by atoms with Crippen molar-refractivity contribution in [3.8, 4) is 0 Å². The third-order valence-corrected chi connectivity index (χ3v) is 2.39. The molecule has 2 N–H and O–H groups in total. The third kappa shape index (κ3) is 5.96. The fourth-order valence-electron chi connectivity index (χ4n) is 1.44. The molecule has 0 spiro atoms. The number of hydrogen-bond donors (Lipinski definition) is 2. The molecule has 6 heteroatoms. The lowest BCUT2D eigenvalue weighted by Crippen LogP contribution is -2.27. The second-order valence-corrected chi connectivity index (χ2v) is 4.37. The predicted molar refractivity (Wildman–Crippen MR) is 76.2 cm³/mol. The SMILES string of the molecule is C=CCNc1cc(C(=O)NCCCN(C)C)ncn1. The molecule has 6 nitrogen and oxygen atoms in total. The molecule has 0 aliphatic carbocycles. The molecule has 1 amide bonds. The Labute approximate surface area is 113 Å². The number of carbonyl (C=O) groups excluding carboxylic acids is 1. The average molecular weight is 263 g/mol. The largest absolute Gasteiger partial charge is 0.366 e. The van der Waals surface area contributed by atoms with Crippen molar-refractivity contribution < 1.29 is 4.79 Å². The Morgan fingerprint density at radius 1 is 1.47 bits per heavy atom. The molecule has 0 bridgehead atoms. The van der Waals surface area contributed by atoms with Crippen LogP contribution < -0.4 is 10.6 Å². The van der Waals surface area contributed by atoms with Crippen LogP contribution in [0, 0.1) is 0 Å². The molecule has 1 heterocycles. The number of hydrogen-bond acceptors (Lipinski definition) is 5. The third-order valence-electron chi connectivity index (χ3n) is 2.39. The summed E-state index contributed by atoms with van der Waals surface area (Å²) in [6, 6.07) is 1.63. The lowest BCUT2D eigenvalue weighted by Gasteiger charge is -2.10. The summed E-state index contributed by atoms with van der Waals surface area (Å²) in [4.78, 5) is 21.9. The van der Waals surface area contributed by atoms with Crippen molar-refractivity contribution in [1.29, 1.82) is 0 Å². The first-order valence-electron chi connectivity index (χ1n) is 6.23. The molecule has 0 aromatic carbocycles. The summed E-state index contributed by atoms with van der Waals surface area (Å²) >= 11 is 0. The maximum atomic E-state index is 11.9. The summed E-state index contributed by atoms with van der Waals surface area (Å²) in [5.74, 6) is 0.441. The van der Waals surface area contributed by atoms with Crippen LogP contribution in [0.25, 0.3) is 0 Å². The van der Waals surface area contributed by atoms with Crippen molar-refractivity contribution in [3.05, 3.63) is 30.7 Å². The lowest BCUT2D eigenvalue weighted by atomic mass is 10.3. The molecule has 0 radical (unpaired) electrons. The van der Waals surface area contributed by atoms with Gasteiger partial charge < -0.3 is 15.5 Å². The van der Waals surface area contributed by atoms with E-state index in [9.17, 15) is 4.79 Å². The van der Waals surface area contributed by atoms with Gasteiger partial charge in [0.15, 0.2) is 0 Å². The highest BCUT2D eigenvalue weighted by Gasteiger charge is 2.07. The molecule has 0 saturated heterocycles. The smallest absolute Gasteiger partial charge is 0.270 e. The van der Waals surface area contributed by atoms with Gasteiger partial charge in [-0.05, 0) is 27.1 Å². The molecule has 0 aliphatic rings. The zero-order valence-electron chi connectivity index (χ0n) is 11.5. The minimum atomic E-state index is -0.178. The number of aromatic nitrogens is 2. The van der Waals surface area contributed by atoms with Gasteiger partial charge in [0.2, 0.25) is 0 Å². The van der Waals surface area contributed by atoms with Crippen molar-refractivity contribution in [3.63, 3.8) is 0 Å². The number of amides is 1. The van der Waals surface area contributed by atoms with Crippen molar-refractivity contribution in [1.82, 2.24) is 20.2 Å². The van der Waals surface area contributed by atoms with Gasteiger partial charge >= 0.3 is 0 Å². The van der Waals surface area contributed by atoms with Crippen molar-refractivity contribution in [2.45, 2.75) is 6.42 Å². The van der Waals surface area contributed by atoms with E-state index in [-0.39, 0.29) is 5.91 Å². The van der Waals surface area contributed by atoms with E-state index in [1.54, 1.807) is 12.1 Å². The number of carbonyl (C=O) groups is 1. The van der Waals surface area contributed by atoms with Crippen molar-refractivity contribution in [2.24, 2.45) is 0 Å². The molecule has 0 aliphatic heterocycles. The van der Waals surface area contributed by atoms with E-state index in [1.165, 1.54) is 6.33 Å².